The molecule has 4 heteroatoms. The predicted octanol–water partition coefficient (Wildman–Crippen LogP) is 16.9. The molecule has 0 rings (SSSR count). The summed E-state index contributed by atoms with van der Waals surface area (Å²) in [5.74, 6) is -0.0734. The highest BCUT2D eigenvalue weighted by Crippen LogP contribution is 2.17. The van der Waals surface area contributed by atoms with Crippen LogP contribution in [0.25, 0.3) is 0 Å². The summed E-state index contributed by atoms with van der Waals surface area (Å²) in [7, 11) is 0. The zero-order valence-electron chi connectivity index (χ0n) is 39.3. The van der Waals surface area contributed by atoms with E-state index in [4.69, 9.17) is 0 Å². The van der Waals surface area contributed by atoms with E-state index in [0.29, 0.717) is 6.42 Å². The van der Waals surface area contributed by atoms with Gasteiger partial charge in [0.1, 0.15) is 0 Å². The van der Waals surface area contributed by atoms with Gasteiger partial charge in [-0.15, -0.1) is 0 Å². The maximum absolute atomic E-state index is 12.4. The van der Waals surface area contributed by atoms with Crippen molar-refractivity contribution < 1.29 is 15.0 Å². The molecule has 2 atom stereocenters. The second kappa shape index (κ2) is 50.0. The zero-order chi connectivity index (χ0) is 42.1. The van der Waals surface area contributed by atoms with Crippen LogP contribution in [0.15, 0.2) is 36.5 Å². The van der Waals surface area contributed by atoms with Gasteiger partial charge in [-0.25, -0.2) is 0 Å². The lowest BCUT2D eigenvalue weighted by Crippen LogP contribution is -2.45. The highest BCUT2D eigenvalue weighted by Gasteiger charge is 2.17. The van der Waals surface area contributed by atoms with Gasteiger partial charge in [0, 0.05) is 6.42 Å². The Hall–Kier alpha value is -1.39. The van der Waals surface area contributed by atoms with E-state index in [1.165, 1.54) is 225 Å². The van der Waals surface area contributed by atoms with Gasteiger partial charge in [-0.3, -0.25) is 4.79 Å². The maximum Gasteiger partial charge on any atom is 0.220 e. The summed E-state index contributed by atoms with van der Waals surface area (Å²) >= 11 is 0. The quantitative estimate of drug-likeness (QED) is 0.0423. The number of nitrogens with one attached hydrogen (secondary N) is 1. The van der Waals surface area contributed by atoms with E-state index in [1.807, 2.05) is 6.08 Å². The Morgan fingerprint density at radius 2 is 0.672 bits per heavy atom. The van der Waals surface area contributed by atoms with Crippen LogP contribution >= 0.6 is 0 Å². The van der Waals surface area contributed by atoms with E-state index in [1.54, 1.807) is 6.08 Å². The Kier molecular flexibility index (Phi) is 48.8. The van der Waals surface area contributed by atoms with Crippen molar-refractivity contribution >= 4 is 5.91 Å². The van der Waals surface area contributed by atoms with Gasteiger partial charge in [-0.2, -0.15) is 0 Å². The molecule has 0 aliphatic rings. The molecule has 0 aromatic heterocycles. The molecule has 0 aromatic carbocycles. The standard InChI is InChI=1S/C54H103NO3/c1-3-5-7-9-11-13-15-17-19-21-22-23-24-25-26-27-28-29-30-31-32-33-34-36-38-40-42-44-46-48-50-54(58)55-52(51-56)53(57)49-47-45-43-41-39-37-35-20-18-16-14-12-10-8-6-4-2/h18,20,39,41,47,49,52-53,56-57H,3-17,19,21-38,40,42-46,48,50-51H2,1-2H3,(H,55,58)/b20-18+,41-39+,49-47+. The summed E-state index contributed by atoms with van der Waals surface area (Å²) < 4.78 is 0. The second-order valence-corrected chi connectivity index (χ2v) is 17.9. The molecule has 0 aromatic rings. The molecule has 0 bridgehead atoms. The minimum absolute atomic E-state index is 0.0734. The minimum Gasteiger partial charge on any atom is -0.394 e. The first kappa shape index (κ1) is 56.6. The van der Waals surface area contributed by atoms with Crippen molar-refractivity contribution in [1.82, 2.24) is 5.32 Å². The van der Waals surface area contributed by atoms with Crippen molar-refractivity contribution in [1.29, 1.82) is 0 Å². The molecule has 1 amide bonds. The molecule has 342 valence electrons. The highest BCUT2D eigenvalue weighted by atomic mass is 16.3. The molecule has 0 saturated carbocycles. The molecule has 0 aliphatic heterocycles. The minimum atomic E-state index is -0.867. The van der Waals surface area contributed by atoms with Gasteiger partial charge >= 0.3 is 0 Å². The van der Waals surface area contributed by atoms with Crippen LogP contribution in [0.3, 0.4) is 0 Å². The van der Waals surface area contributed by atoms with Crippen LogP contribution in [0.2, 0.25) is 0 Å². The Balaban J connectivity index is 3.47. The van der Waals surface area contributed by atoms with Crippen molar-refractivity contribution in [2.45, 2.75) is 296 Å². The molecule has 0 aliphatic carbocycles. The average Bonchev–Trinajstić information content (AvgIpc) is 3.23. The first-order chi connectivity index (χ1) is 28.7. The number of allylic oxidation sites excluding steroid dienone is 5. The van der Waals surface area contributed by atoms with Crippen molar-refractivity contribution in [2.75, 3.05) is 6.61 Å². The summed E-state index contributed by atoms with van der Waals surface area (Å²) in [6.07, 6.45) is 67.3. The monoisotopic (exact) mass is 814 g/mol. The van der Waals surface area contributed by atoms with Crippen molar-refractivity contribution in [2.24, 2.45) is 0 Å². The summed E-state index contributed by atoms with van der Waals surface area (Å²) in [5, 5.41) is 23.0. The molecular weight excluding hydrogens is 711 g/mol. The fraction of sp³-hybridized carbons (Fsp3) is 0.870. The topological polar surface area (TPSA) is 69.6 Å². The SMILES string of the molecule is CCCCCCCC/C=C/CC/C=C/CC/C=C/C(O)C(CO)NC(=O)CCCCCCCCCCCCCCCCCCCCCCCCCCCCCCCC. The summed E-state index contributed by atoms with van der Waals surface area (Å²) in [6, 6.07) is -0.643. The normalized spacial score (nSPS) is 13.1. The molecule has 0 fully saturated rings. The van der Waals surface area contributed by atoms with Gasteiger partial charge in [0.05, 0.1) is 18.8 Å². The number of aliphatic hydroxyl groups excluding tert-OH is 2. The van der Waals surface area contributed by atoms with Crippen LogP contribution < -0.4 is 5.32 Å². The number of hydrogen-bond donors (Lipinski definition) is 3. The third-order valence-electron chi connectivity index (χ3n) is 12.1. The Labute approximate surface area is 363 Å². The molecule has 58 heavy (non-hydrogen) atoms. The van der Waals surface area contributed by atoms with Crippen molar-refractivity contribution in [3.8, 4) is 0 Å². The predicted molar refractivity (Wildman–Crippen MR) is 258 cm³/mol. The zero-order valence-corrected chi connectivity index (χ0v) is 39.3. The number of carbonyl (C=O) groups is 1. The highest BCUT2D eigenvalue weighted by molar-refractivity contribution is 5.76. The van der Waals surface area contributed by atoms with Gasteiger partial charge in [-0.1, -0.05) is 269 Å². The fourth-order valence-corrected chi connectivity index (χ4v) is 8.10. The Bertz CT molecular complexity index is 882. The lowest BCUT2D eigenvalue weighted by molar-refractivity contribution is -0.123. The first-order valence-corrected chi connectivity index (χ1v) is 26.2. The van der Waals surface area contributed by atoms with E-state index in [2.05, 4.69) is 43.5 Å². The van der Waals surface area contributed by atoms with Crippen LogP contribution in [-0.4, -0.2) is 34.9 Å². The van der Waals surface area contributed by atoms with Crippen LogP contribution in [0, 0.1) is 0 Å². The van der Waals surface area contributed by atoms with E-state index in [-0.39, 0.29) is 12.5 Å². The molecule has 4 nitrogen and oxygen atoms in total. The lowest BCUT2D eigenvalue weighted by Gasteiger charge is -2.19. The summed E-state index contributed by atoms with van der Waals surface area (Å²) in [6.45, 7) is 4.30. The number of unbranched alkanes of at least 4 members (excludes halogenated alkanes) is 37. The number of aliphatic hydroxyl groups is 2. The van der Waals surface area contributed by atoms with Crippen LogP contribution in [0.5, 0.6) is 0 Å². The van der Waals surface area contributed by atoms with E-state index in [9.17, 15) is 15.0 Å². The van der Waals surface area contributed by atoms with Gasteiger partial charge in [0.2, 0.25) is 5.91 Å². The van der Waals surface area contributed by atoms with E-state index in [0.717, 1.165) is 38.5 Å². The summed E-state index contributed by atoms with van der Waals surface area (Å²) in [4.78, 5) is 12.4. The molecule has 0 saturated heterocycles. The smallest absolute Gasteiger partial charge is 0.220 e. The number of hydrogen-bond acceptors (Lipinski definition) is 3. The van der Waals surface area contributed by atoms with Crippen LogP contribution in [0.4, 0.5) is 0 Å². The molecular formula is C54H103NO3. The molecule has 0 radical (unpaired) electrons. The molecule has 2 unspecified atom stereocenters. The lowest BCUT2D eigenvalue weighted by atomic mass is 10.0. The number of carbonyl (C=O) groups excluding carboxylic acids is 1. The number of amides is 1. The summed E-state index contributed by atoms with van der Waals surface area (Å²) in [5.41, 5.74) is 0. The van der Waals surface area contributed by atoms with Crippen LogP contribution in [-0.2, 0) is 4.79 Å². The Morgan fingerprint density at radius 3 is 1.00 bits per heavy atom. The first-order valence-electron chi connectivity index (χ1n) is 26.2. The second-order valence-electron chi connectivity index (χ2n) is 17.9. The molecule has 0 heterocycles. The largest absolute Gasteiger partial charge is 0.394 e. The number of rotatable bonds is 48. The Morgan fingerprint density at radius 1 is 0.397 bits per heavy atom. The average molecular weight is 814 g/mol. The molecule has 3 N–H and O–H groups in total. The fourth-order valence-electron chi connectivity index (χ4n) is 8.10. The third-order valence-corrected chi connectivity index (χ3v) is 12.1. The maximum atomic E-state index is 12.4. The third kappa shape index (κ3) is 45.7. The van der Waals surface area contributed by atoms with Gasteiger partial charge in [-0.05, 0) is 44.9 Å². The van der Waals surface area contributed by atoms with E-state index >= 15 is 0 Å². The van der Waals surface area contributed by atoms with Gasteiger partial charge in [0.25, 0.3) is 0 Å². The van der Waals surface area contributed by atoms with Gasteiger partial charge < -0.3 is 15.5 Å². The van der Waals surface area contributed by atoms with Crippen molar-refractivity contribution in [3.63, 3.8) is 0 Å². The van der Waals surface area contributed by atoms with Crippen molar-refractivity contribution in [3.05, 3.63) is 36.5 Å². The molecule has 0 spiro atoms. The van der Waals surface area contributed by atoms with Gasteiger partial charge in [0.15, 0.2) is 0 Å². The van der Waals surface area contributed by atoms with E-state index < -0.39 is 12.1 Å². The van der Waals surface area contributed by atoms with Crippen LogP contribution in [0.1, 0.15) is 284 Å².